The lowest BCUT2D eigenvalue weighted by Crippen LogP contribution is -2.59. The second kappa shape index (κ2) is 11.5. The Morgan fingerprint density at radius 3 is 2.50 bits per heavy atom. The zero-order valence-corrected chi connectivity index (χ0v) is 22.5. The molecule has 2 aromatic rings. The van der Waals surface area contributed by atoms with E-state index in [2.05, 4.69) is 21.2 Å². The summed E-state index contributed by atoms with van der Waals surface area (Å²) in [5.74, 6) is 1.50. The van der Waals surface area contributed by atoms with E-state index in [1.807, 2.05) is 30.3 Å². The monoisotopic (exact) mass is 511 g/mol. The molecule has 0 aromatic heterocycles. The van der Waals surface area contributed by atoms with Crippen LogP contribution in [-0.2, 0) is 0 Å². The molecule has 1 N–H and O–H groups in total. The fourth-order valence-corrected chi connectivity index (χ4v) is 7.61. The molecule has 200 valence electrons. The van der Waals surface area contributed by atoms with Gasteiger partial charge in [-0.25, -0.2) is 0 Å². The van der Waals surface area contributed by atoms with Gasteiger partial charge in [-0.05, 0) is 88.5 Å². The number of ketones is 1. The molecule has 0 radical (unpaired) electrons. The van der Waals surface area contributed by atoms with Gasteiger partial charge in [0.25, 0.3) is 5.91 Å². The molecule has 3 fully saturated rings. The van der Waals surface area contributed by atoms with Gasteiger partial charge in [0.2, 0.25) is 0 Å². The highest BCUT2D eigenvalue weighted by atomic mass is 16.1. The minimum absolute atomic E-state index is 0.0225. The maximum atomic E-state index is 12.7. The van der Waals surface area contributed by atoms with Gasteiger partial charge >= 0.3 is 0 Å². The number of hydrogen-bond donors (Lipinski definition) is 1. The highest BCUT2D eigenvalue weighted by Gasteiger charge is 2.45. The predicted molar refractivity (Wildman–Crippen MR) is 151 cm³/mol. The van der Waals surface area contributed by atoms with E-state index in [4.69, 9.17) is 0 Å². The summed E-state index contributed by atoms with van der Waals surface area (Å²) in [6.45, 7) is 5.63. The maximum absolute atomic E-state index is 12.7. The van der Waals surface area contributed by atoms with Crippen molar-refractivity contribution in [2.75, 3.05) is 32.7 Å². The van der Waals surface area contributed by atoms with Crippen LogP contribution < -0.4 is 5.32 Å². The molecule has 3 saturated heterocycles. The van der Waals surface area contributed by atoms with E-state index in [1.54, 1.807) is 29.8 Å². The Morgan fingerprint density at radius 1 is 0.868 bits per heavy atom. The van der Waals surface area contributed by atoms with E-state index in [9.17, 15) is 9.59 Å². The van der Waals surface area contributed by atoms with Crippen LogP contribution in [0.1, 0.15) is 77.6 Å². The van der Waals surface area contributed by atoms with Crippen molar-refractivity contribution in [2.24, 2.45) is 11.8 Å². The Labute approximate surface area is 227 Å². The van der Waals surface area contributed by atoms with Crippen molar-refractivity contribution in [1.29, 1.82) is 0 Å². The number of nitrogens with one attached hydrogen (secondary N) is 1. The van der Waals surface area contributed by atoms with Gasteiger partial charge < -0.3 is 5.32 Å². The number of rotatable bonds is 8. The molecule has 5 heteroatoms. The number of likely N-dealkylation sites (tertiary alicyclic amines) is 1. The average molecular weight is 512 g/mol. The van der Waals surface area contributed by atoms with Crippen LogP contribution in [0.25, 0.3) is 0 Å². The van der Waals surface area contributed by atoms with Crippen LogP contribution in [0, 0.1) is 11.8 Å². The number of hydrogen-bond acceptors (Lipinski definition) is 4. The minimum atomic E-state index is -0.0662. The molecule has 4 aliphatic rings. The van der Waals surface area contributed by atoms with Crippen LogP contribution in [0.2, 0.25) is 0 Å². The van der Waals surface area contributed by atoms with Gasteiger partial charge in [0.15, 0.2) is 5.78 Å². The number of benzene rings is 2. The van der Waals surface area contributed by atoms with Gasteiger partial charge in [-0.3, -0.25) is 19.4 Å². The van der Waals surface area contributed by atoms with Crippen molar-refractivity contribution in [1.82, 2.24) is 15.1 Å². The quantitative estimate of drug-likeness (QED) is 0.296. The van der Waals surface area contributed by atoms with Crippen LogP contribution in [0.3, 0.4) is 0 Å². The predicted octanol–water partition coefficient (Wildman–Crippen LogP) is 5.32. The highest BCUT2D eigenvalue weighted by molar-refractivity contribution is 6.09. The van der Waals surface area contributed by atoms with Crippen molar-refractivity contribution >= 4 is 11.7 Å². The van der Waals surface area contributed by atoms with Crippen LogP contribution in [-0.4, -0.2) is 66.3 Å². The lowest BCUT2D eigenvalue weighted by atomic mass is 9.68. The highest BCUT2D eigenvalue weighted by Crippen LogP contribution is 2.45. The molecule has 3 aliphatic heterocycles. The van der Waals surface area contributed by atoms with E-state index < -0.39 is 0 Å². The van der Waals surface area contributed by atoms with Gasteiger partial charge in [0.1, 0.15) is 0 Å². The standard InChI is InChI=1S/C33H41N3O2/c37-32(24-9-2-1-3-10-24)25-13-15-26(16-14-25)33(38)34-17-5-7-18-35-20-8-11-27-21-28-22-29(31(27)35)23-36-19-6-4-12-30(28)36/h1-3,9-10,13-16,21,28-31H,4-8,11-12,17-20,22-23H2,(H,34,38)/t28-,29+,30+,31+/m0/s1. The topological polar surface area (TPSA) is 52.7 Å². The van der Waals surface area contributed by atoms with E-state index in [1.165, 1.54) is 58.2 Å². The number of unbranched alkanes of at least 4 members (excludes halogenated alkanes) is 1. The third kappa shape index (κ3) is 5.37. The summed E-state index contributed by atoms with van der Waals surface area (Å²) in [6.07, 6.45) is 13.0. The smallest absolute Gasteiger partial charge is 0.251 e. The van der Waals surface area contributed by atoms with Crippen molar-refractivity contribution in [3.63, 3.8) is 0 Å². The SMILES string of the molecule is O=C(NCCCCN1CCCC2=C[C@H]3C[C@H](CN4CCCC[C@H]34)[C@@H]21)c1ccc(C(=O)c2ccccc2)cc1. The molecule has 5 nitrogen and oxygen atoms in total. The summed E-state index contributed by atoms with van der Waals surface area (Å²) in [7, 11) is 0. The Morgan fingerprint density at radius 2 is 1.66 bits per heavy atom. The van der Waals surface area contributed by atoms with Gasteiger partial charge in [-0.15, -0.1) is 0 Å². The zero-order chi connectivity index (χ0) is 25.9. The molecular formula is C33H41N3O2. The van der Waals surface area contributed by atoms with E-state index >= 15 is 0 Å². The normalized spacial score (nSPS) is 27.1. The van der Waals surface area contributed by atoms with Crippen molar-refractivity contribution in [3.05, 3.63) is 82.9 Å². The van der Waals surface area contributed by atoms with Gasteiger partial charge in [-0.2, -0.15) is 0 Å². The molecule has 38 heavy (non-hydrogen) atoms. The molecule has 0 spiro atoms. The molecule has 3 heterocycles. The molecule has 1 amide bonds. The number of carbonyl (C=O) groups is 2. The Kier molecular flexibility index (Phi) is 7.75. The van der Waals surface area contributed by atoms with Crippen LogP contribution in [0.15, 0.2) is 66.2 Å². The second-order valence-electron chi connectivity index (χ2n) is 11.8. The zero-order valence-electron chi connectivity index (χ0n) is 22.5. The Bertz CT molecular complexity index is 1160. The molecule has 6 rings (SSSR count). The minimum Gasteiger partial charge on any atom is -0.352 e. The molecule has 0 unspecified atom stereocenters. The van der Waals surface area contributed by atoms with Gasteiger partial charge in [-0.1, -0.05) is 60.5 Å². The maximum Gasteiger partial charge on any atom is 0.251 e. The lowest BCUT2D eigenvalue weighted by Gasteiger charge is -2.55. The summed E-state index contributed by atoms with van der Waals surface area (Å²) < 4.78 is 0. The summed E-state index contributed by atoms with van der Waals surface area (Å²) in [5.41, 5.74) is 3.61. The summed E-state index contributed by atoms with van der Waals surface area (Å²) >= 11 is 0. The van der Waals surface area contributed by atoms with Crippen molar-refractivity contribution < 1.29 is 9.59 Å². The van der Waals surface area contributed by atoms with E-state index in [-0.39, 0.29) is 11.7 Å². The summed E-state index contributed by atoms with van der Waals surface area (Å²) in [4.78, 5) is 30.9. The number of fused-ring (bicyclic) bond motifs is 6. The first-order valence-corrected chi connectivity index (χ1v) is 14.8. The number of nitrogens with zero attached hydrogens (tertiary/aromatic N) is 2. The molecule has 4 atom stereocenters. The lowest BCUT2D eigenvalue weighted by molar-refractivity contribution is -0.000934. The third-order valence-corrected chi connectivity index (χ3v) is 9.36. The largest absolute Gasteiger partial charge is 0.352 e. The second-order valence-corrected chi connectivity index (χ2v) is 11.8. The molecule has 2 aromatic carbocycles. The molecule has 1 aliphatic carbocycles. The number of amides is 1. The fraction of sp³-hybridized carbons (Fsp3) is 0.515. The first-order chi connectivity index (χ1) is 18.7. The first-order valence-electron chi connectivity index (χ1n) is 14.8. The van der Waals surface area contributed by atoms with Crippen LogP contribution in [0.4, 0.5) is 0 Å². The number of carbonyl (C=O) groups excluding carboxylic acids is 2. The summed E-state index contributed by atoms with van der Waals surface area (Å²) in [6, 6.07) is 17.7. The molecule has 2 bridgehead atoms. The van der Waals surface area contributed by atoms with Gasteiger partial charge in [0.05, 0.1) is 0 Å². The van der Waals surface area contributed by atoms with Crippen LogP contribution >= 0.6 is 0 Å². The van der Waals surface area contributed by atoms with E-state index in [0.717, 1.165) is 37.3 Å². The van der Waals surface area contributed by atoms with Crippen molar-refractivity contribution in [3.8, 4) is 0 Å². The fourth-order valence-electron chi connectivity index (χ4n) is 7.61. The first kappa shape index (κ1) is 25.5. The summed E-state index contributed by atoms with van der Waals surface area (Å²) in [5, 5.41) is 3.08. The van der Waals surface area contributed by atoms with Crippen LogP contribution in [0.5, 0.6) is 0 Å². The van der Waals surface area contributed by atoms with Gasteiger partial charge in [0, 0.05) is 41.9 Å². The van der Waals surface area contributed by atoms with E-state index in [0.29, 0.717) is 29.3 Å². The third-order valence-electron chi connectivity index (χ3n) is 9.36. The Hall–Kier alpha value is -2.76. The Balaban J connectivity index is 0.973. The average Bonchev–Trinajstić information content (AvgIpc) is 2.97. The molecule has 0 saturated carbocycles. The molecular weight excluding hydrogens is 470 g/mol. The number of piperidine rings is 3. The van der Waals surface area contributed by atoms with Crippen molar-refractivity contribution in [2.45, 2.75) is 63.5 Å².